The molecule has 0 spiro atoms. The molecule has 8 heteroatoms. The van der Waals surface area contributed by atoms with Gasteiger partial charge in [-0.15, -0.1) is 0 Å². The molecule has 1 aliphatic heterocycles. The van der Waals surface area contributed by atoms with Crippen molar-refractivity contribution < 1.29 is 19.0 Å². The fourth-order valence-electron chi connectivity index (χ4n) is 3.55. The normalized spacial score (nSPS) is 12.6. The molecule has 0 radical (unpaired) electrons. The second-order valence-corrected chi connectivity index (χ2v) is 7.18. The van der Waals surface area contributed by atoms with E-state index in [2.05, 4.69) is 9.97 Å². The third-order valence-corrected chi connectivity index (χ3v) is 5.07. The molecule has 0 saturated carbocycles. The predicted octanol–water partition coefficient (Wildman–Crippen LogP) is 3.81. The lowest BCUT2D eigenvalue weighted by molar-refractivity contribution is 0.0996. The molecular formula is C23H24N4O4. The van der Waals surface area contributed by atoms with Crippen molar-refractivity contribution in [3.8, 4) is 28.8 Å². The minimum absolute atomic E-state index is 0.0824. The Morgan fingerprint density at radius 3 is 2.61 bits per heavy atom. The lowest BCUT2D eigenvalue weighted by Crippen LogP contribution is -2.23. The number of carbonyl (C=O) groups excluding carboxylic acids is 1. The average Bonchev–Trinajstić information content (AvgIpc) is 3.14. The molecule has 0 atom stereocenters. The van der Waals surface area contributed by atoms with Crippen LogP contribution in [0.2, 0.25) is 0 Å². The summed E-state index contributed by atoms with van der Waals surface area (Å²) in [4.78, 5) is 28.1. The summed E-state index contributed by atoms with van der Waals surface area (Å²) >= 11 is 0. The van der Waals surface area contributed by atoms with Gasteiger partial charge in [0.25, 0.3) is 11.8 Å². The van der Waals surface area contributed by atoms with Gasteiger partial charge in [0.2, 0.25) is 5.88 Å². The lowest BCUT2D eigenvalue weighted by Gasteiger charge is -2.15. The van der Waals surface area contributed by atoms with Crippen molar-refractivity contribution in [2.75, 3.05) is 25.7 Å². The number of rotatable bonds is 7. The third kappa shape index (κ3) is 3.88. The van der Waals surface area contributed by atoms with Gasteiger partial charge in [0.15, 0.2) is 5.75 Å². The first-order valence-corrected chi connectivity index (χ1v) is 10.0. The fourth-order valence-corrected chi connectivity index (χ4v) is 3.55. The van der Waals surface area contributed by atoms with E-state index in [1.807, 2.05) is 32.0 Å². The molecule has 160 valence electrons. The smallest absolute Gasteiger partial charge is 0.260 e. The van der Waals surface area contributed by atoms with Gasteiger partial charge in [-0.2, -0.15) is 0 Å². The lowest BCUT2D eigenvalue weighted by atomic mass is 10.1. The first kappa shape index (κ1) is 20.6. The summed E-state index contributed by atoms with van der Waals surface area (Å²) in [6.07, 6.45) is 4.25. The van der Waals surface area contributed by atoms with Crippen molar-refractivity contribution >= 4 is 11.6 Å². The van der Waals surface area contributed by atoms with Gasteiger partial charge in [0.1, 0.15) is 0 Å². The first-order valence-electron chi connectivity index (χ1n) is 10.0. The zero-order valence-corrected chi connectivity index (χ0v) is 18.0. The number of nitrogens with zero attached hydrogens (tertiary/aromatic N) is 4. The number of carbonyl (C=O) groups is 1. The first-order chi connectivity index (χ1) is 15.0. The zero-order valence-electron chi connectivity index (χ0n) is 18.0. The molecule has 1 amide bonds. The number of ether oxygens (including phenoxy) is 3. The van der Waals surface area contributed by atoms with Crippen LogP contribution in [0.5, 0.6) is 17.5 Å². The SMILES string of the molecule is CCCOc1ccc(N2Cc3nc(-c4cnc(OC)c(OC)c4)cc(C)c3C2=O)cn1. The molecule has 0 aliphatic carbocycles. The van der Waals surface area contributed by atoms with E-state index in [1.165, 1.54) is 0 Å². The number of hydrogen-bond donors (Lipinski definition) is 0. The van der Waals surface area contributed by atoms with Gasteiger partial charge in [0.05, 0.1) is 56.2 Å². The highest BCUT2D eigenvalue weighted by Crippen LogP contribution is 2.34. The highest BCUT2D eigenvalue weighted by atomic mass is 16.5. The molecule has 0 aromatic carbocycles. The van der Waals surface area contributed by atoms with Crippen LogP contribution in [0, 0.1) is 6.92 Å². The van der Waals surface area contributed by atoms with Gasteiger partial charge in [-0.05, 0) is 37.1 Å². The van der Waals surface area contributed by atoms with Crippen LogP contribution >= 0.6 is 0 Å². The topological polar surface area (TPSA) is 86.7 Å². The standard InChI is InChI=1S/C23H24N4O4/c1-5-8-31-20-7-6-16(12-24-20)27-13-18-21(23(27)28)14(2)9-17(26-18)15-10-19(29-3)22(30-4)25-11-15/h6-7,9-12H,5,8,13H2,1-4H3. The molecule has 4 heterocycles. The maximum absolute atomic E-state index is 13.1. The summed E-state index contributed by atoms with van der Waals surface area (Å²) in [7, 11) is 3.10. The summed E-state index contributed by atoms with van der Waals surface area (Å²) in [5.41, 5.74) is 4.43. The molecule has 0 bridgehead atoms. The van der Waals surface area contributed by atoms with Gasteiger partial charge in [-0.1, -0.05) is 6.92 Å². The molecule has 3 aromatic rings. The van der Waals surface area contributed by atoms with E-state index in [1.54, 1.807) is 37.6 Å². The van der Waals surface area contributed by atoms with Crippen LogP contribution in [0.4, 0.5) is 5.69 Å². The van der Waals surface area contributed by atoms with Gasteiger partial charge >= 0.3 is 0 Å². The Morgan fingerprint density at radius 1 is 1.10 bits per heavy atom. The Balaban J connectivity index is 1.64. The summed E-state index contributed by atoms with van der Waals surface area (Å²) in [6.45, 7) is 4.94. The Labute approximate surface area is 180 Å². The second-order valence-electron chi connectivity index (χ2n) is 7.18. The van der Waals surface area contributed by atoms with Crippen molar-refractivity contribution in [3.63, 3.8) is 0 Å². The van der Waals surface area contributed by atoms with Crippen LogP contribution in [0.15, 0.2) is 36.7 Å². The Kier molecular flexibility index (Phi) is 5.70. The summed E-state index contributed by atoms with van der Waals surface area (Å²) in [5, 5.41) is 0. The summed E-state index contributed by atoms with van der Waals surface area (Å²) in [6, 6.07) is 7.34. The van der Waals surface area contributed by atoms with Crippen LogP contribution < -0.4 is 19.1 Å². The molecule has 0 saturated heterocycles. The van der Waals surface area contributed by atoms with Crippen LogP contribution in [0.25, 0.3) is 11.3 Å². The Hall–Kier alpha value is -3.68. The van der Waals surface area contributed by atoms with Crippen LogP contribution in [-0.2, 0) is 6.54 Å². The predicted molar refractivity (Wildman–Crippen MR) is 116 cm³/mol. The number of hydrogen-bond acceptors (Lipinski definition) is 7. The molecule has 1 aliphatic rings. The molecule has 0 fully saturated rings. The summed E-state index contributed by atoms with van der Waals surface area (Å²) in [5.74, 6) is 1.40. The highest BCUT2D eigenvalue weighted by Gasteiger charge is 2.32. The van der Waals surface area contributed by atoms with Crippen molar-refractivity contribution in [1.82, 2.24) is 15.0 Å². The van der Waals surface area contributed by atoms with E-state index >= 15 is 0 Å². The van der Waals surface area contributed by atoms with E-state index in [9.17, 15) is 4.79 Å². The number of aromatic nitrogens is 3. The highest BCUT2D eigenvalue weighted by molar-refractivity contribution is 6.10. The minimum Gasteiger partial charge on any atom is -0.491 e. The van der Waals surface area contributed by atoms with E-state index < -0.39 is 0 Å². The number of aryl methyl sites for hydroxylation is 1. The maximum atomic E-state index is 13.1. The van der Waals surface area contributed by atoms with Crippen molar-refractivity contribution in [2.45, 2.75) is 26.8 Å². The number of pyridine rings is 3. The summed E-state index contributed by atoms with van der Waals surface area (Å²) < 4.78 is 16.1. The third-order valence-electron chi connectivity index (χ3n) is 5.07. The molecule has 0 unspecified atom stereocenters. The quantitative estimate of drug-likeness (QED) is 0.574. The number of methoxy groups -OCH3 is 2. The minimum atomic E-state index is -0.0824. The molecule has 31 heavy (non-hydrogen) atoms. The van der Waals surface area contributed by atoms with Crippen LogP contribution in [0.3, 0.4) is 0 Å². The maximum Gasteiger partial charge on any atom is 0.260 e. The van der Waals surface area contributed by atoms with Crippen LogP contribution in [0.1, 0.15) is 35.0 Å². The van der Waals surface area contributed by atoms with E-state index in [0.717, 1.165) is 28.9 Å². The molecule has 0 N–H and O–H groups in total. The monoisotopic (exact) mass is 420 g/mol. The number of amides is 1. The van der Waals surface area contributed by atoms with Gasteiger partial charge in [0, 0.05) is 17.8 Å². The molecule has 3 aromatic heterocycles. The van der Waals surface area contributed by atoms with Crippen LogP contribution in [-0.4, -0.2) is 41.7 Å². The van der Waals surface area contributed by atoms with Gasteiger partial charge < -0.3 is 19.1 Å². The van der Waals surface area contributed by atoms with Crippen molar-refractivity contribution in [3.05, 3.63) is 53.5 Å². The molecular weight excluding hydrogens is 396 g/mol. The van der Waals surface area contributed by atoms with Crippen molar-refractivity contribution in [2.24, 2.45) is 0 Å². The second kappa shape index (κ2) is 8.59. The molecule has 4 rings (SSSR count). The van der Waals surface area contributed by atoms with Gasteiger partial charge in [-0.25, -0.2) is 9.97 Å². The number of anilines is 1. The largest absolute Gasteiger partial charge is 0.491 e. The zero-order chi connectivity index (χ0) is 22.0. The van der Waals surface area contributed by atoms with E-state index in [0.29, 0.717) is 41.9 Å². The fraction of sp³-hybridized carbons (Fsp3) is 0.304. The Morgan fingerprint density at radius 2 is 1.94 bits per heavy atom. The van der Waals surface area contributed by atoms with Crippen molar-refractivity contribution in [1.29, 1.82) is 0 Å². The van der Waals surface area contributed by atoms with E-state index in [-0.39, 0.29) is 5.91 Å². The average molecular weight is 420 g/mol. The molecule has 8 nitrogen and oxygen atoms in total. The van der Waals surface area contributed by atoms with E-state index in [4.69, 9.17) is 19.2 Å². The Bertz CT molecular complexity index is 1120. The van der Waals surface area contributed by atoms with Gasteiger partial charge in [-0.3, -0.25) is 9.78 Å². The number of fused-ring (bicyclic) bond motifs is 1.